The van der Waals surface area contributed by atoms with Gasteiger partial charge in [-0.3, -0.25) is 0 Å². The second kappa shape index (κ2) is 4.31. The average molecular weight is 230 g/mol. The van der Waals surface area contributed by atoms with Crippen LogP contribution in [0.25, 0.3) is 0 Å². The van der Waals surface area contributed by atoms with Gasteiger partial charge < -0.3 is 9.47 Å². The Morgan fingerprint density at radius 2 is 1.93 bits per heavy atom. The Kier molecular flexibility index (Phi) is 3.31. The number of ether oxygens (including phenoxy) is 2. The van der Waals surface area contributed by atoms with Crippen molar-refractivity contribution in [1.82, 2.24) is 0 Å². The summed E-state index contributed by atoms with van der Waals surface area (Å²) in [5.74, 6) is -0.238. The van der Waals surface area contributed by atoms with E-state index >= 15 is 0 Å². The highest BCUT2D eigenvalue weighted by molar-refractivity contribution is 7.94. The number of nitriles is 1. The van der Waals surface area contributed by atoms with Gasteiger partial charge in [-0.2, -0.15) is 13.7 Å². The van der Waals surface area contributed by atoms with Gasteiger partial charge >= 0.3 is 0 Å². The smallest absolute Gasteiger partial charge is 0.299 e. The molecule has 0 aromatic heterocycles. The van der Waals surface area contributed by atoms with Crippen LogP contribution in [0.1, 0.15) is 13.8 Å². The summed E-state index contributed by atoms with van der Waals surface area (Å²) in [6.07, 6.45) is 0. The molecule has 0 amide bonds. The quantitative estimate of drug-likeness (QED) is 0.705. The number of hydrogen-bond acceptors (Lipinski definition) is 5. The maximum absolute atomic E-state index is 11.3. The predicted molar refractivity (Wildman–Crippen MR) is 52.2 cm³/mol. The fourth-order valence-electron chi connectivity index (χ4n) is 1.02. The fraction of sp³-hybridized carbons (Fsp3) is 0.500. The molecule has 0 aliphatic carbocycles. The Morgan fingerprint density at radius 1 is 1.33 bits per heavy atom. The Balaban J connectivity index is 3.22. The molecule has 0 atom stereocenters. The van der Waals surface area contributed by atoms with Crippen molar-refractivity contribution in [3.63, 3.8) is 0 Å². The van der Waals surface area contributed by atoms with Crippen molar-refractivity contribution in [3.8, 4) is 6.07 Å². The van der Waals surface area contributed by atoms with Gasteiger partial charge in [-0.15, -0.1) is 4.40 Å². The van der Waals surface area contributed by atoms with Gasteiger partial charge in [-0.1, -0.05) is 0 Å². The van der Waals surface area contributed by atoms with E-state index in [9.17, 15) is 8.42 Å². The summed E-state index contributed by atoms with van der Waals surface area (Å²) in [4.78, 5) is -0.493. The lowest BCUT2D eigenvalue weighted by molar-refractivity contribution is 0.224. The average Bonchev–Trinajstić information content (AvgIpc) is 2.38. The third-order valence-corrected chi connectivity index (χ3v) is 2.73. The predicted octanol–water partition coefficient (Wildman–Crippen LogP) is 0.536. The molecule has 1 heterocycles. The van der Waals surface area contributed by atoms with Crippen molar-refractivity contribution in [2.45, 2.75) is 13.8 Å². The van der Waals surface area contributed by atoms with Gasteiger partial charge in [0.2, 0.25) is 10.7 Å². The van der Waals surface area contributed by atoms with Gasteiger partial charge in [0, 0.05) is 0 Å². The van der Waals surface area contributed by atoms with Crippen molar-refractivity contribution >= 4 is 15.9 Å². The summed E-state index contributed by atoms with van der Waals surface area (Å²) in [5.41, 5.74) is 0. The van der Waals surface area contributed by atoms with E-state index in [1.165, 1.54) is 0 Å². The fourth-order valence-corrected chi connectivity index (χ4v) is 1.96. The standard InChI is InChI=1S/C8H10N2O4S/c1-3-13-7-6(5-9)15(11,12)10-8(7)14-4-2/h3-4H2,1-2H3. The Morgan fingerprint density at radius 3 is 2.40 bits per heavy atom. The molecular formula is C8H10N2O4S. The first-order chi connectivity index (χ1) is 7.06. The topological polar surface area (TPSA) is 88.8 Å². The van der Waals surface area contributed by atoms with Gasteiger partial charge in [-0.05, 0) is 13.8 Å². The zero-order valence-corrected chi connectivity index (χ0v) is 9.17. The number of nitrogens with zero attached hydrogens (tertiary/aromatic N) is 2. The van der Waals surface area contributed by atoms with Crippen LogP contribution in [0.5, 0.6) is 0 Å². The third-order valence-electron chi connectivity index (χ3n) is 1.53. The third kappa shape index (κ3) is 2.10. The molecule has 0 fully saturated rings. The number of rotatable bonds is 3. The molecular weight excluding hydrogens is 220 g/mol. The van der Waals surface area contributed by atoms with Gasteiger partial charge in [0.05, 0.1) is 13.2 Å². The number of sulfonamides is 1. The second-order valence-corrected chi connectivity index (χ2v) is 4.05. The second-order valence-electron chi connectivity index (χ2n) is 2.51. The van der Waals surface area contributed by atoms with Crippen LogP contribution in [0.2, 0.25) is 0 Å². The van der Waals surface area contributed by atoms with E-state index in [1.54, 1.807) is 19.9 Å². The van der Waals surface area contributed by atoms with Crippen molar-refractivity contribution < 1.29 is 17.9 Å². The van der Waals surface area contributed by atoms with E-state index in [2.05, 4.69) is 4.40 Å². The molecule has 0 N–H and O–H groups in total. The van der Waals surface area contributed by atoms with Gasteiger partial charge in [-0.25, -0.2) is 0 Å². The van der Waals surface area contributed by atoms with Gasteiger partial charge in [0.1, 0.15) is 6.07 Å². The maximum Gasteiger partial charge on any atom is 0.299 e. The Bertz CT molecular complexity index is 456. The summed E-state index contributed by atoms with van der Waals surface area (Å²) in [6, 6.07) is 1.55. The van der Waals surface area contributed by atoms with Crippen molar-refractivity contribution in [1.29, 1.82) is 5.26 Å². The first kappa shape index (κ1) is 11.5. The molecule has 1 aliphatic heterocycles. The summed E-state index contributed by atoms with van der Waals surface area (Å²) >= 11 is 0. The molecule has 0 spiro atoms. The molecule has 0 bridgehead atoms. The Hall–Kier alpha value is -1.55. The highest BCUT2D eigenvalue weighted by Gasteiger charge is 2.35. The molecule has 0 unspecified atom stereocenters. The first-order valence-corrected chi connectivity index (χ1v) is 5.76. The van der Waals surface area contributed by atoms with Crippen molar-refractivity contribution in [2.24, 2.45) is 4.40 Å². The van der Waals surface area contributed by atoms with Crippen LogP contribution < -0.4 is 0 Å². The lowest BCUT2D eigenvalue weighted by atomic mass is 10.4. The molecule has 0 aromatic carbocycles. The molecule has 0 aromatic rings. The molecule has 6 nitrogen and oxygen atoms in total. The SMILES string of the molecule is CCOC1=NS(=O)(=O)C(C#N)=C1OCC. The van der Waals surface area contributed by atoms with E-state index in [-0.39, 0.29) is 24.9 Å². The lowest BCUT2D eigenvalue weighted by Gasteiger charge is -2.06. The molecule has 0 radical (unpaired) electrons. The van der Waals surface area contributed by atoms with E-state index in [0.29, 0.717) is 0 Å². The van der Waals surface area contributed by atoms with E-state index in [4.69, 9.17) is 14.7 Å². The largest absolute Gasteiger partial charge is 0.487 e. The summed E-state index contributed by atoms with van der Waals surface area (Å²) in [6.45, 7) is 3.85. The van der Waals surface area contributed by atoms with E-state index < -0.39 is 14.9 Å². The van der Waals surface area contributed by atoms with Crippen LogP contribution in [0.3, 0.4) is 0 Å². The minimum absolute atomic E-state index is 0.0955. The molecule has 15 heavy (non-hydrogen) atoms. The Labute approximate surface area is 87.9 Å². The normalized spacial score (nSPS) is 18.3. The monoisotopic (exact) mass is 230 g/mol. The summed E-state index contributed by atoms with van der Waals surface area (Å²) in [5, 5.41) is 8.69. The van der Waals surface area contributed by atoms with E-state index in [0.717, 1.165) is 0 Å². The lowest BCUT2D eigenvalue weighted by Crippen LogP contribution is -2.09. The number of allylic oxidation sites excluding steroid dienone is 1. The summed E-state index contributed by atoms with van der Waals surface area (Å²) in [7, 11) is -3.92. The molecule has 1 aliphatic rings. The first-order valence-electron chi connectivity index (χ1n) is 4.32. The molecule has 1 rings (SSSR count). The molecule has 0 saturated heterocycles. The highest BCUT2D eigenvalue weighted by Crippen LogP contribution is 2.24. The van der Waals surface area contributed by atoms with Gasteiger partial charge in [0.15, 0.2) is 0 Å². The summed E-state index contributed by atoms with van der Waals surface area (Å²) < 4.78 is 36.0. The highest BCUT2D eigenvalue weighted by atomic mass is 32.2. The minimum atomic E-state index is -3.92. The minimum Gasteiger partial charge on any atom is -0.487 e. The zero-order chi connectivity index (χ0) is 11.5. The molecule has 0 saturated carbocycles. The van der Waals surface area contributed by atoms with Crippen LogP contribution in [0, 0.1) is 11.3 Å². The van der Waals surface area contributed by atoms with Crippen molar-refractivity contribution in [2.75, 3.05) is 13.2 Å². The van der Waals surface area contributed by atoms with Crippen LogP contribution in [-0.4, -0.2) is 27.5 Å². The van der Waals surface area contributed by atoms with E-state index in [1.807, 2.05) is 0 Å². The molecule has 7 heteroatoms. The van der Waals surface area contributed by atoms with Crippen LogP contribution in [0.4, 0.5) is 0 Å². The maximum atomic E-state index is 11.3. The van der Waals surface area contributed by atoms with Crippen LogP contribution in [-0.2, 0) is 19.5 Å². The number of hydrogen-bond donors (Lipinski definition) is 0. The zero-order valence-electron chi connectivity index (χ0n) is 8.35. The van der Waals surface area contributed by atoms with Crippen LogP contribution >= 0.6 is 0 Å². The van der Waals surface area contributed by atoms with Gasteiger partial charge in [0.25, 0.3) is 15.9 Å². The molecule has 82 valence electrons. The van der Waals surface area contributed by atoms with Crippen LogP contribution in [0.15, 0.2) is 15.1 Å². The van der Waals surface area contributed by atoms with Crippen molar-refractivity contribution in [3.05, 3.63) is 10.7 Å².